The van der Waals surface area contributed by atoms with E-state index in [9.17, 15) is 8.78 Å². The molecule has 1 aliphatic heterocycles. The van der Waals surface area contributed by atoms with Gasteiger partial charge in [0, 0.05) is 0 Å². The van der Waals surface area contributed by atoms with E-state index < -0.39 is 21.1 Å². The summed E-state index contributed by atoms with van der Waals surface area (Å²) in [6.07, 6.45) is 16.4. The van der Waals surface area contributed by atoms with Gasteiger partial charge in [-0.05, 0) is 0 Å². The molecular weight excluding hydrogens is 546 g/mol. The van der Waals surface area contributed by atoms with Gasteiger partial charge in [-0.1, -0.05) is 0 Å². The third kappa shape index (κ3) is 4.13. The van der Waals surface area contributed by atoms with Gasteiger partial charge in [0.1, 0.15) is 0 Å². The van der Waals surface area contributed by atoms with Crippen molar-refractivity contribution in [2.24, 2.45) is 0 Å². The molecule has 2 unspecified atom stereocenters. The Bertz CT molecular complexity index is 1240. The first-order valence-corrected chi connectivity index (χ1v) is 18.7. The quantitative estimate of drug-likeness (QED) is 0.360. The van der Waals surface area contributed by atoms with Gasteiger partial charge < -0.3 is 0 Å². The average molecular weight is 578 g/mol. The molecule has 0 bridgehead atoms. The summed E-state index contributed by atoms with van der Waals surface area (Å²) >= 11 is -4.33. The van der Waals surface area contributed by atoms with Crippen LogP contribution in [0.25, 0.3) is 0 Å². The van der Waals surface area contributed by atoms with Crippen molar-refractivity contribution in [1.29, 1.82) is 0 Å². The first-order valence-electron chi connectivity index (χ1n) is 13.8. The van der Waals surface area contributed by atoms with Crippen LogP contribution >= 0.6 is 0 Å². The SMILES string of the molecule is Fc1ccc([O][Zr]2([O]c3ccc(F)cc3)[CH]3C(=CC4=C3CCCC4)CCC3=CC4=C(CCCC4)[CH]32)cc1. The third-order valence-electron chi connectivity index (χ3n) is 8.96. The van der Waals surface area contributed by atoms with Crippen molar-refractivity contribution >= 4 is 0 Å². The second-order valence-corrected chi connectivity index (χ2v) is 18.5. The van der Waals surface area contributed by atoms with E-state index in [0.29, 0.717) is 11.5 Å². The number of halogens is 2. The normalized spacial score (nSPS) is 25.9. The minimum absolute atomic E-state index is 0.185. The second-order valence-electron chi connectivity index (χ2n) is 11.2. The Labute approximate surface area is 223 Å². The molecule has 1 saturated heterocycles. The predicted molar refractivity (Wildman–Crippen MR) is 138 cm³/mol. The van der Waals surface area contributed by atoms with Crippen molar-refractivity contribution < 1.29 is 35.6 Å². The van der Waals surface area contributed by atoms with E-state index in [1.165, 1.54) is 83.4 Å². The molecule has 2 aromatic carbocycles. The van der Waals surface area contributed by atoms with Gasteiger partial charge in [-0.25, -0.2) is 0 Å². The Balaban J connectivity index is 1.46. The van der Waals surface area contributed by atoms with E-state index in [-0.39, 0.29) is 18.9 Å². The number of rotatable bonds is 4. The number of hydrogen-bond acceptors (Lipinski definition) is 2. The molecule has 0 amide bonds. The Morgan fingerprint density at radius 1 is 0.541 bits per heavy atom. The molecule has 1 fully saturated rings. The molecule has 2 aromatic rings. The van der Waals surface area contributed by atoms with Gasteiger partial charge in [0.15, 0.2) is 0 Å². The molecular formula is C32H32F2O2Zr. The zero-order valence-electron chi connectivity index (χ0n) is 21.1. The summed E-state index contributed by atoms with van der Waals surface area (Å²) in [5, 5.41) is 0. The van der Waals surface area contributed by atoms with Crippen LogP contribution in [0.2, 0.25) is 7.25 Å². The molecule has 2 atom stereocenters. The first-order chi connectivity index (χ1) is 18.1. The zero-order valence-corrected chi connectivity index (χ0v) is 23.5. The monoisotopic (exact) mass is 576 g/mol. The first kappa shape index (κ1) is 23.8. The van der Waals surface area contributed by atoms with E-state index >= 15 is 0 Å². The van der Waals surface area contributed by atoms with Gasteiger partial charge in [0.25, 0.3) is 0 Å². The van der Waals surface area contributed by atoms with E-state index in [4.69, 9.17) is 5.63 Å². The maximum absolute atomic E-state index is 13.9. The molecule has 0 radical (unpaired) electrons. The summed E-state index contributed by atoms with van der Waals surface area (Å²) in [5.41, 5.74) is 9.02. The van der Waals surface area contributed by atoms with Gasteiger partial charge in [0.05, 0.1) is 0 Å². The predicted octanol–water partition coefficient (Wildman–Crippen LogP) is 9.40. The van der Waals surface area contributed by atoms with Crippen LogP contribution in [0.1, 0.15) is 64.2 Å². The molecule has 7 rings (SSSR count). The molecule has 1 heterocycles. The van der Waals surface area contributed by atoms with Crippen LogP contribution in [-0.2, 0) is 21.1 Å². The van der Waals surface area contributed by atoms with Crippen LogP contribution < -0.4 is 5.63 Å². The molecule has 37 heavy (non-hydrogen) atoms. The Hall–Kier alpha value is -2.26. The van der Waals surface area contributed by atoms with Crippen LogP contribution in [0, 0.1) is 11.6 Å². The van der Waals surface area contributed by atoms with Gasteiger partial charge in [-0.3, -0.25) is 0 Å². The van der Waals surface area contributed by atoms with Crippen LogP contribution in [0.4, 0.5) is 8.78 Å². The molecule has 190 valence electrons. The van der Waals surface area contributed by atoms with Crippen LogP contribution in [0.15, 0.2) is 94.1 Å². The Kier molecular flexibility index (Phi) is 6.11. The molecule has 5 heteroatoms. The maximum atomic E-state index is 13.9. The summed E-state index contributed by atoms with van der Waals surface area (Å²) in [6.45, 7) is 0. The standard InChI is InChI=1S/C20H24.2C6H5FO.Zr/c1-2-6-18-12-15(11-17(18)5-1)9-10-16-13-19-7-3-4-8-20(19)14-16;2*7-5-1-3-6(8)4-2-5;/h11-14H,1-10H2;2*1-4,8H;/q;;;+2/p-2. The summed E-state index contributed by atoms with van der Waals surface area (Å²) in [4.78, 5) is 0. The fraction of sp³-hybridized carbons (Fsp3) is 0.375. The Morgan fingerprint density at radius 3 is 1.38 bits per heavy atom. The average Bonchev–Trinajstić information content (AvgIpc) is 3.45. The number of fused-ring (bicyclic) bond motifs is 4. The van der Waals surface area contributed by atoms with Crippen molar-refractivity contribution in [1.82, 2.24) is 0 Å². The van der Waals surface area contributed by atoms with Gasteiger partial charge in [-0.15, -0.1) is 0 Å². The fourth-order valence-corrected chi connectivity index (χ4v) is 19.7. The molecule has 0 spiro atoms. The van der Waals surface area contributed by atoms with Crippen molar-refractivity contribution in [2.75, 3.05) is 0 Å². The molecule has 2 nitrogen and oxygen atoms in total. The molecule has 5 aliphatic rings. The van der Waals surface area contributed by atoms with E-state index in [1.807, 2.05) is 0 Å². The summed E-state index contributed by atoms with van der Waals surface area (Å²) < 4.78 is 42.9. The summed E-state index contributed by atoms with van der Waals surface area (Å²) in [5.74, 6) is 0.841. The summed E-state index contributed by atoms with van der Waals surface area (Å²) in [7, 11) is 0. The zero-order chi connectivity index (χ0) is 25.0. The second kappa shape index (κ2) is 9.49. The van der Waals surface area contributed by atoms with Gasteiger partial charge in [-0.2, -0.15) is 0 Å². The van der Waals surface area contributed by atoms with E-state index in [1.54, 1.807) is 24.3 Å². The number of benzene rings is 2. The molecule has 0 N–H and O–H groups in total. The molecule has 0 saturated carbocycles. The third-order valence-corrected chi connectivity index (χ3v) is 19.2. The van der Waals surface area contributed by atoms with E-state index in [0.717, 1.165) is 38.5 Å². The fourth-order valence-electron chi connectivity index (χ4n) is 7.48. The number of allylic oxidation sites excluding steroid dienone is 8. The minimum atomic E-state index is -4.33. The molecule has 4 aliphatic carbocycles. The van der Waals surface area contributed by atoms with Crippen LogP contribution in [0.5, 0.6) is 11.5 Å². The van der Waals surface area contributed by atoms with Crippen molar-refractivity contribution in [3.63, 3.8) is 0 Å². The van der Waals surface area contributed by atoms with E-state index in [2.05, 4.69) is 12.2 Å². The van der Waals surface area contributed by atoms with Gasteiger partial charge in [0.2, 0.25) is 0 Å². The van der Waals surface area contributed by atoms with Crippen molar-refractivity contribution in [3.05, 3.63) is 106 Å². The Morgan fingerprint density at radius 2 is 0.946 bits per heavy atom. The van der Waals surface area contributed by atoms with Crippen molar-refractivity contribution in [2.45, 2.75) is 71.5 Å². The van der Waals surface area contributed by atoms with Crippen molar-refractivity contribution in [3.8, 4) is 11.5 Å². The van der Waals surface area contributed by atoms with Crippen LogP contribution in [-0.4, -0.2) is 0 Å². The summed E-state index contributed by atoms with van der Waals surface area (Å²) in [6, 6.07) is 13.0. The topological polar surface area (TPSA) is 18.5 Å². The van der Waals surface area contributed by atoms with Gasteiger partial charge >= 0.3 is 224 Å². The van der Waals surface area contributed by atoms with Crippen LogP contribution in [0.3, 0.4) is 0 Å². The molecule has 0 aromatic heterocycles. The number of hydrogen-bond donors (Lipinski definition) is 0.